The van der Waals surface area contributed by atoms with Crippen LogP contribution >= 0.6 is 0 Å². The molecule has 8 nitrogen and oxygen atoms in total. The Hall–Kier alpha value is -3.94. The van der Waals surface area contributed by atoms with Gasteiger partial charge >= 0.3 is 0 Å². The van der Waals surface area contributed by atoms with E-state index in [-0.39, 0.29) is 33.2 Å². The first-order valence-corrected chi connectivity index (χ1v) is 8.29. The monoisotopic (exact) mass is 381 g/mol. The number of carbonyl (C=O) groups excluding carboxylic acids is 2. The normalized spacial score (nSPS) is 15.3. The van der Waals surface area contributed by atoms with Gasteiger partial charge in [-0.2, -0.15) is 0 Å². The number of aromatic hydroxyl groups is 5. The van der Waals surface area contributed by atoms with Gasteiger partial charge < -0.3 is 31.3 Å². The summed E-state index contributed by atoms with van der Waals surface area (Å²) in [6.07, 6.45) is 0. The summed E-state index contributed by atoms with van der Waals surface area (Å²) in [7, 11) is 0. The molecule has 0 aromatic heterocycles. The molecule has 4 rings (SSSR count). The van der Waals surface area contributed by atoms with E-state index in [0.717, 1.165) is 0 Å². The molecule has 0 saturated heterocycles. The molecule has 0 radical (unpaired) electrons. The van der Waals surface area contributed by atoms with Gasteiger partial charge in [0.15, 0.2) is 17.3 Å². The van der Waals surface area contributed by atoms with Crippen LogP contribution in [0.3, 0.4) is 0 Å². The molecule has 0 heterocycles. The van der Waals surface area contributed by atoms with Crippen LogP contribution in [0.15, 0.2) is 24.3 Å². The summed E-state index contributed by atoms with van der Waals surface area (Å²) < 4.78 is 0. The van der Waals surface area contributed by atoms with E-state index in [9.17, 15) is 35.1 Å². The van der Waals surface area contributed by atoms with Crippen molar-refractivity contribution in [1.82, 2.24) is 0 Å². The lowest BCUT2D eigenvalue weighted by molar-refractivity contribution is 0.0993. The molecule has 1 amide bonds. The molecule has 0 saturated carbocycles. The fourth-order valence-corrected chi connectivity index (χ4v) is 3.95. The van der Waals surface area contributed by atoms with Gasteiger partial charge in [-0.3, -0.25) is 9.59 Å². The van der Waals surface area contributed by atoms with E-state index in [1.54, 1.807) is 6.92 Å². The molecule has 0 fully saturated rings. The zero-order valence-electron chi connectivity index (χ0n) is 14.5. The summed E-state index contributed by atoms with van der Waals surface area (Å²) in [5.41, 5.74) is 5.13. The summed E-state index contributed by atoms with van der Waals surface area (Å²) in [6.45, 7) is 1.66. The Bertz CT molecular complexity index is 1230. The Kier molecular flexibility index (Phi) is 3.45. The van der Waals surface area contributed by atoms with Gasteiger partial charge in [-0.1, -0.05) is 19.1 Å². The fourth-order valence-electron chi connectivity index (χ4n) is 3.95. The Morgan fingerprint density at radius 1 is 0.929 bits per heavy atom. The quantitative estimate of drug-likeness (QED) is 0.278. The molecular weight excluding hydrogens is 366 g/mol. The number of rotatable bonds is 1. The van der Waals surface area contributed by atoms with Crippen LogP contribution in [-0.4, -0.2) is 37.2 Å². The maximum absolute atomic E-state index is 13.0. The number of nitrogens with two attached hydrogens (primary N) is 1. The van der Waals surface area contributed by atoms with Crippen molar-refractivity contribution in [2.45, 2.75) is 12.8 Å². The van der Waals surface area contributed by atoms with E-state index in [2.05, 4.69) is 0 Å². The number of phenols is 5. The second kappa shape index (κ2) is 5.53. The minimum Gasteiger partial charge on any atom is -0.508 e. The Balaban J connectivity index is 2.18. The number of carbonyl (C=O) groups is 2. The van der Waals surface area contributed by atoms with E-state index in [1.807, 2.05) is 0 Å². The van der Waals surface area contributed by atoms with Gasteiger partial charge in [0, 0.05) is 33.6 Å². The Morgan fingerprint density at radius 3 is 2.25 bits per heavy atom. The minimum atomic E-state index is -1.20. The Labute approximate surface area is 157 Å². The topological polar surface area (TPSA) is 161 Å². The number of phenolic OH excluding ortho intramolecular Hbond substituents is 3. The smallest absolute Gasteiger partial charge is 0.256 e. The molecule has 7 N–H and O–H groups in total. The molecule has 1 aliphatic carbocycles. The highest BCUT2D eigenvalue weighted by atomic mass is 16.3. The highest BCUT2D eigenvalue weighted by molar-refractivity contribution is 6.18. The molecule has 1 atom stereocenters. The third-order valence-electron chi connectivity index (χ3n) is 5.21. The van der Waals surface area contributed by atoms with Crippen LogP contribution in [0.5, 0.6) is 28.7 Å². The summed E-state index contributed by atoms with van der Waals surface area (Å²) in [5.74, 6) is -5.62. The zero-order chi connectivity index (χ0) is 20.5. The SMILES string of the molecule is CC1c2c(O)cccc2C(=O)c2cc3c(O)c(C(N)=O)c(O)c(O)c3c(O)c21. The van der Waals surface area contributed by atoms with Crippen LogP contribution in [0.2, 0.25) is 0 Å². The summed E-state index contributed by atoms with van der Waals surface area (Å²) in [6, 6.07) is 5.68. The number of hydrogen-bond donors (Lipinski definition) is 6. The third kappa shape index (κ3) is 1.99. The van der Waals surface area contributed by atoms with Crippen LogP contribution in [0, 0.1) is 0 Å². The molecule has 1 unspecified atom stereocenters. The molecule has 0 spiro atoms. The Morgan fingerprint density at radius 2 is 1.61 bits per heavy atom. The van der Waals surface area contributed by atoms with Crippen LogP contribution in [0.1, 0.15) is 50.2 Å². The average Bonchev–Trinajstić information content (AvgIpc) is 2.63. The largest absolute Gasteiger partial charge is 0.508 e. The number of benzene rings is 3. The van der Waals surface area contributed by atoms with Crippen molar-refractivity contribution in [2.24, 2.45) is 5.73 Å². The number of primary amides is 1. The first-order chi connectivity index (χ1) is 13.2. The summed E-state index contributed by atoms with van der Waals surface area (Å²) >= 11 is 0. The average molecular weight is 381 g/mol. The number of amides is 1. The maximum Gasteiger partial charge on any atom is 0.256 e. The second-order valence-electron chi connectivity index (χ2n) is 6.68. The summed E-state index contributed by atoms with van der Waals surface area (Å²) in [4.78, 5) is 24.5. The van der Waals surface area contributed by atoms with Gasteiger partial charge in [0.25, 0.3) is 5.91 Å². The molecule has 0 bridgehead atoms. The lowest BCUT2D eigenvalue weighted by Crippen LogP contribution is -2.18. The predicted octanol–water partition coefficient (Wildman–Crippen LogP) is 2.16. The first-order valence-electron chi connectivity index (χ1n) is 8.29. The molecule has 28 heavy (non-hydrogen) atoms. The standard InChI is InChI=1S/C20H15NO7/c1-6-11-7(3-2-4-10(11)22)15(23)8-5-9-13(17(25)12(6)8)18(26)19(27)14(16(9)24)20(21)28/h2-6,22,24-27H,1H3,(H2,21,28). The van der Waals surface area contributed by atoms with Crippen molar-refractivity contribution < 1.29 is 35.1 Å². The lowest BCUT2D eigenvalue weighted by atomic mass is 9.76. The van der Waals surface area contributed by atoms with Crippen molar-refractivity contribution in [3.8, 4) is 28.7 Å². The molecule has 3 aromatic carbocycles. The van der Waals surface area contributed by atoms with Crippen molar-refractivity contribution in [3.63, 3.8) is 0 Å². The van der Waals surface area contributed by atoms with Gasteiger partial charge in [0.2, 0.25) is 0 Å². The molecular formula is C20H15NO7. The van der Waals surface area contributed by atoms with E-state index in [4.69, 9.17) is 5.73 Å². The van der Waals surface area contributed by atoms with Crippen molar-refractivity contribution in [3.05, 3.63) is 52.1 Å². The fraction of sp³-hybridized carbons (Fsp3) is 0.100. The van der Waals surface area contributed by atoms with Gasteiger partial charge in [0.1, 0.15) is 22.8 Å². The molecule has 3 aromatic rings. The van der Waals surface area contributed by atoms with E-state index < -0.39 is 46.2 Å². The van der Waals surface area contributed by atoms with Crippen molar-refractivity contribution in [2.75, 3.05) is 0 Å². The lowest BCUT2D eigenvalue weighted by Gasteiger charge is -2.27. The molecule has 142 valence electrons. The molecule has 1 aliphatic rings. The predicted molar refractivity (Wildman–Crippen MR) is 98.2 cm³/mol. The van der Waals surface area contributed by atoms with Gasteiger partial charge in [-0.05, 0) is 12.1 Å². The number of ketones is 1. The van der Waals surface area contributed by atoms with Crippen LogP contribution in [0.25, 0.3) is 10.8 Å². The maximum atomic E-state index is 13.0. The van der Waals surface area contributed by atoms with Crippen LogP contribution in [-0.2, 0) is 0 Å². The third-order valence-corrected chi connectivity index (χ3v) is 5.21. The van der Waals surface area contributed by atoms with Crippen LogP contribution < -0.4 is 5.73 Å². The van der Waals surface area contributed by atoms with Gasteiger partial charge in [0.05, 0.1) is 5.39 Å². The van der Waals surface area contributed by atoms with Crippen molar-refractivity contribution >= 4 is 22.5 Å². The zero-order valence-corrected chi connectivity index (χ0v) is 14.5. The minimum absolute atomic E-state index is 0.0337. The van der Waals surface area contributed by atoms with Gasteiger partial charge in [-0.25, -0.2) is 0 Å². The highest BCUT2D eigenvalue weighted by Gasteiger charge is 2.36. The summed E-state index contributed by atoms with van der Waals surface area (Å²) in [5, 5.41) is 51.3. The van der Waals surface area contributed by atoms with E-state index in [1.165, 1.54) is 24.3 Å². The molecule has 0 aliphatic heterocycles. The number of hydrogen-bond acceptors (Lipinski definition) is 7. The number of fused-ring (bicyclic) bond motifs is 3. The molecule has 8 heteroatoms. The van der Waals surface area contributed by atoms with Gasteiger partial charge in [-0.15, -0.1) is 0 Å². The van der Waals surface area contributed by atoms with E-state index >= 15 is 0 Å². The van der Waals surface area contributed by atoms with Crippen molar-refractivity contribution in [1.29, 1.82) is 0 Å². The van der Waals surface area contributed by atoms with Crippen LogP contribution in [0.4, 0.5) is 0 Å². The highest BCUT2D eigenvalue weighted by Crippen LogP contribution is 2.53. The first kappa shape index (κ1) is 17.5. The van der Waals surface area contributed by atoms with E-state index in [0.29, 0.717) is 5.56 Å². The second-order valence-corrected chi connectivity index (χ2v) is 6.68.